The first-order valence-corrected chi connectivity index (χ1v) is 9.87. The van der Waals surface area contributed by atoms with Crippen LogP contribution in [0, 0.1) is 20.8 Å². The number of thiazole rings is 1. The summed E-state index contributed by atoms with van der Waals surface area (Å²) in [6.45, 7) is 6.58. The van der Waals surface area contributed by atoms with Crippen LogP contribution in [0.3, 0.4) is 0 Å². The van der Waals surface area contributed by atoms with Crippen molar-refractivity contribution in [1.82, 2.24) is 4.98 Å². The van der Waals surface area contributed by atoms with Crippen molar-refractivity contribution >= 4 is 27.0 Å². The van der Waals surface area contributed by atoms with E-state index in [-0.39, 0.29) is 5.75 Å². The molecule has 1 aliphatic heterocycles. The van der Waals surface area contributed by atoms with Gasteiger partial charge in [0.1, 0.15) is 0 Å². The third-order valence-electron chi connectivity index (χ3n) is 4.32. The van der Waals surface area contributed by atoms with Crippen LogP contribution in [-0.2, 0) is 22.9 Å². The SMILES string of the molecule is Cc1cc2c(cc1C)N(S(=O)(=O)CCc1scnc1C)CC2. The topological polar surface area (TPSA) is 50.3 Å². The number of benzene rings is 1. The number of anilines is 1. The van der Waals surface area contributed by atoms with Gasteiger partial charge in [-0.1, -0.05) is 6.07 Å². The van der Waals surface area contributed by atoms with E-state index in [2.05, 4.69) is 18.0 Å². The van der Waals surface area contributed by atoms with Crippen LogP contribution >= 0.6 is 11.3 Å². The van der Waals surface area contributed by atoms with Crippen LogP contribution in [0.5, 0.6) is 0 Å². The van der Waals surface area contributed by atoms with Crippen molar-refractivity contribution in [2.75, 3.05) is 16.6 Å². The third kappa shape index (κ3) is 2.77. The van der Waals surface area contributed by atoms with Gasteiger partial charge in [-0.15, -0.1) is 11.3 Å². The maximum absolute atomic E-state index is 12.7. The van der Waals surface area contributed by atoms with Crippen LogP contribution in [0.2, 0.25) is 0 Å². The molecule has 0 fully saturated rings. The predicted octanol–water partition coefficient (Wildman–Crippen LogP) is 3.00. The Morgan fingerprint density at radius 2 is 1.95 bits per heavy atom. The minimum absolute atomic E-state index is 0.141. The molecular weight excluding hydrogens is 316 g/mol. The monoisotopic (exact) mass is 336 g/mol. The fourth-order valence-electron chi connectivity index (χ4n) is 2.82. The molecule has 0 amide bonds. The van der Waals surface area contributed by atoms with Crippen LogP contribution in [0.1, 0.15) is 27.3 Å². The summed E-state index contributed by atoms with van der Waals surface area (Å²) in [6.07, 6.45) is 1.34. The van der Waals surface area contributed by atoms with Crippen molar-refractivity contribution in [1.29, 1.82) is 0 Å². The molecule has 1 aromatic carbocycles. The highest BCUT2D eigenvalue weighted by Crippen LogP contribution is 2.33. The van der Waals surface area contributed by atoms with Crippen LogP contribution in [0.15, 0.2) is 17.6 Å². The van der Waals surface area contributed by atoms with Gasteiger partial charge in [0.15, 0.2) is 0 Å². The van der Waals surface area contributed by atoms with E-state index in [1.807, 2.05) is 19.9 Å². The zero-order valence-corrected chi connectivity index (χ0v) is 14.7. The second-order valence-corrected chi connectivity index (χ2v) is 8.77. The molecule has 0 aliphatic carbocycles. The zero-order chi connectivity index (χ0) is 15.9. The Morgan fingerprint density at radius 1 is 1.23 bits per heavy atom. The Morgan fingerprint density at radius 3 is 2.64 bits per heavy atom. The quantitative estimate of drug-likeness (QED) is 0.862. The van der Waals surface area contributed by atoms with Crippen LogP contribution in [0.4, 0.5) is 5.69 Å². The summed E-state index contributed by atoms with van der Waals surface area (Å²) in [5, 5.41) is 0. The summed E-state index contributed by atoms with van der Waals surface area (Å²) in [6, 6.07) is 4.13. The number of hydrogen-bond acceptors (Lipinski definition) is 4. The first-order valence-electron chi connectivity index (χ1n) is 7.38. The molecule has 0 saturated carbocycles. The highest BCUT2D eigenvalue weighted by atomic mass is 32.2. The van der Waals surface area contributed by atoms with Crippen LogP contribution < -0.4 is 4.31 Å². The molecule has 118 valence electrons. The summed E-state index contributed by atoms with van der Waals surface area (Å²) in [7, 11) is -3.28. The molecule has 22 heavy (non-hydrogen) atoms. The van der Waals surface area contributed by atoms with E-state index in [0.717, 1.165) is 33.8 Å². The second kappa shape index (κ2) is 5.66. The summed E-state index contributed by atoms with van der Waals surface area (Å²) in [5.41, 5.74) is 7.07. The predicted molar refractivity (Wildman–Crippen MR) is 91.3 cm³/mol. The third-order valence-corrected chi connectivity index (χ3v) is 7.08. The maximum atomic E-state index is 12.7. The molecule has 0 unspecified atom stereocenters. The molecule has 1 aromatic heterocycles. The lowest BCUT2D eigenvalue weighted by Crippen LogP contribution is -2.32. The average molecular weight is 336 g/mol. The number of nitrogens with zero attached hydrogens (tertiary/aromatic N) is 2. The molecule has 0 radical (unpaired) electrons. The number of rotatable bonds is 4. The fraction of sp³-hybridized carbons (Fsp3) is 0.438. The molecular formula is C16H20N2O2S2. The van der Waals surface area contributed by atoms with E-state index < -0.39 is 10.0 Å². The van der Waals surface area contributed by atoms with Crippen molar-refractivity contribution in [3.05, 3.63) is 44.9 Å². The summed E-state index contributed by atoms with van der Waals surface area (Å²) >= 11 is 1.53. The number of sulfonamides is 1. The second-order valence-electron chi connectivity index (χ2n) is 5.81. The molecule has 6 heteroatoms. The van der Waals surface area contributed by atoms with Gasteiger partial charge in [0, 0.05) is 11.4 Å². The lowest BCUT2D eigenvalue weighted by atomic mass is 10.0. The molecule has 0 spiro atoms. The Labute approximate surface area is 135 Å². The fourth-order valence-corrected chi connectivity index (χ4v) is 5.25. The Bertz CT molecular complexity index is 810. The average Bonchev–Trinajstić information content (AvgIpc) is 3.04. The molecule has 0 atom stereocenters. The highest BCUT2D eigenvalue weighted by Gasteiger charge is 2.29. The van der Waals surface area contributed by atoms with E-state index in [9.17, 15) is 8.42 Å². The zero-order valence-electron chi connectivity index (χ0n) is 13.1. The van der Waals surface area contributed by atoms with E-state index in [4.69, 9.17) is 0 Å². The lowest BCUT2D eigenvalue weighted by Gasteiger charge is -2.20. The van der Waals surface area contributed by atoms with Gasteiger partial charge in [-0.05, 0) is 56.4 Å². The largest absolute Gasteiger partial charge is 0.270 e. The Balaban J connectivity index is 1.83. The van der Waals surface area contributed by atoms with Gasteiger partial charge in [-0.25, -0.2) is 13.4 Å². The van der Waals surface area contributed by atoms with Gasteiger partial charge >= 0.3 is 0 Å². The van der Waals surface area contributed by atoms with Gasteiger partial charge in [-0.3, -0.25) is 4.31 Å². The van der Waals surface area contributed by atoms with Crippen molar-refractivity contribution in [3.63, 3.8) is 0 Å². The van der Waals surface area contributed by atoms with Crippen LogP contribution in [-0.4, -0.2) is 25.7 Å². The number of aromatic nitrogens is 1. The van der Waals surface area contributed by atoms with Crippen molar-refractivity contribution in [2.45, 2.75) is 33.6 Å². The number of fused-ring (bicyclic) bond motifs is 1. The van der Waals surface area contributed by atoms with Gasteiger partial charge in [0.2, 0.25) is 10.0 Å². The standard InChI is InChI=1S/C16H20N2O2S2/c1-11-8-14-4-6-18(15(14)9-12(11)2)22(19,20)7-5-16-13(3)17-10-21-16/h8-10H,4-7H2,1-3H3. The molecule has 0 bridgehead atoms. The minimum atomic E-state index is -3.28. The molecule has 0 saturated heterocycles. The maximum Gasteiger partial charge on any atom is 0.235 e. The molecule has 1 aliphatic rings. The van der Waals surface area contributed by atoms with E-state index in [1.165, 1.54) is 16.9 Å². The molecule has 3 rings (SSSR count). The van der Waals surface area contributed by atoms with Gasteiger partial charge in [0.25, 0.3) is 0 Å². The normalized spacial score (nSPS) is 14.4. The smallest absolute Gasteiger partial charge is 0.235 e. The minimum Gasteiger partial charge on any atom is -0.270 e. The van der Waals surface area contributed by atoms with E-state index in [0.29, 0.717) is 13.0 Å². The first-order chi connectivity index (χ1) is 10.4. The lowest BCUT2D eigenvalue weighted by molar-refractivity contribution is 0.591. The summed E-state index contributed by atoms with van der Waals surface area (Å²) < 4.78 is 27.0. The number of aryl methyl sites for hydroxylation is 4. The number of hydrogen-bond donors (Lipinski definition) is 0. The first kappa shape index (κ1) is 15.5. The summed E-state index contributed by atoms with van der Waals surface area (Å²) in [4.78, 5) is 5.24. The van der Waals surface area contributed by atoms with E-state index in [1.54, 1.807) is 9.82 Å². The van der Waals surface area contributed by atoms with Gasteiger partial charge in [0.05, 0.1) is 22.6 Å². The molecule has 2 heterocycles. The Hall–Kier alpha value is -1.40. The van der Waals surface area contributed by atoms with Gasteiger partial charge in [-0.2, -0.15) is 0 Å². The Kier molecular flexibility index (Phi) is 3.99. The molecule has 4 nitrogen and oxygen atoms in total. The van der Waals surface area contributed by atoms with Gasteiger partial charge < -0.3 is 0 Å². The highest BCUT2D eigenvalue weighted by molar-refractivity contribution is 7.92. The summed E-state index contributed by atoms with van der Waals surface area (Å²) in [5.74, 6) is 0.141. The molecule has 0 N–H and O–H groups in total. The van der Waals surface area contributed by atoms with Crippen molar-refractivity contribution < 1.29 is 8.42 Å². The van der Waals surface area contributed by atoms with E-state index >= 15 is 0 Å². The van der Waals surface area contributed by atoms with Crippen molar-refractivity contribution in [2.24, 2.45) is 0 Å². The van der Waals surface area contributed by atoms with Crippen molar-refractivity contribution in [3.8, 4) is 0 Å². The molecule has 2 aromatic rings. The van der Waals surface area contributed by atoms with Crippen LogP contribution in [0.25, 0.3) is 0 Å².